The minimum Gasteiger partial charge on any atom is -0.469 e. The Hall–Kier alpha value is -0.830. The zero-order valence-corrected chi connectivity index (χ0v) is 6.20. The summed E-state index contributed by atoms with van der Waals surface area (Å²) in [6, 6.07) is 0. The number of aliphatic hydroxyl groups is 1. The third-order valence-electron chi connectivity index (χ3n) is 1.33. The number of rotatable bonds is 3. The molecule has 0 aliphatic carbocycles. The molecule has 2 unspecified atom stereocenters. The molecule has 58 valence electrons. The summed E-state index contributed by atoms with van der Waals surface area (Å²) in [6.07, 6.45) is 0.495. The molecule has 0 saturated carbocycles. The van der Waals surface area contributed by atoms with Crippen molar-refractivity contribution in [3.63, 3.8) is 0 Å². The van der Waals surface area contributed by atoms with Crippen LogP contribution in [0.1, 0.15) is 6.92 Å². The summed E-state index contributed by atoms with van der Waals surface area (Å²) >= 11 is 0. The second-order valence-corrected chi connectivity index (χ2v) is 2.04. The van der Waals surface area contributed by atoms with E-state index in [0.717, 1.165) is 0 Å². The minimum atomic E-state index is -0.813. The van der Waals surface area contributed by atoms with Crippen LogP contribution in [-0.2, 0) is 9.53 Å². The smallest absolute Gasteiger partial charge is 0.311 e. The fourth-order valence-electron chi connectivity index (χ4n) is 0.529. The summed E-state index contributed by atoms with van der Waals surface area (Å²) in [4.78, 5) is 10.7. The van der Waals surface area contributed by atoms with Crippen LogP contribution < -0.4 is 0 Å². The maximum atomic E-state index is 10.7. The molecule has 0 bridgehead atoms. The summed E-state index contributed by atoms with van der Waals surface area (Å²) < 4.78 is 4.39. The lowest BCUT2D eigenvalue weighted by Gasteiger charge is -2.11. The number of hydrogen-bond donors (Lipinski definition) is 1. The van der Waals surface area contributed by atoms with E-state index in [-0.39, 0.29) is 0 Å². The van der Waals surface area contributed by atoms with Gasteiger partial charge in [-0.15, -0.1) is 6.58 Å². The Morgan fingerprint density at radius 3 is 2.60 bits per heavy atom. The van der Waals surface area contributed by atoms with Gasteiger partial charge in [-0.3, -0.25) is 4.79 Å². The third kappa shape index (κ3) is 2.19. The molecule has 3 heteroatoms. The summed E-state index contributed by atoms with van der Waals surface area (Å²) in [6.45, 7) is 4.92. The number of carbonyl (C=O) groups is 1. The van der Waals surface area contributed by atoms with Gasteiger partial charge in [0.2, 0.25) is 0 Å². The molecule has 0 radical (unpaired) electrons. The second kappa shape index (κ2) is 4.06. The van der Waals surface area contributed by atoms with Gasteiger partial charge in [0.05, 0.1) is 19.1 Å². The Balaban J connectivity index is 3.93. The summed E-state index contributed by atoms with van der Waals surface area (Å²) in [5, 5.41) is 9.01. The molecule has 0 rings (SSSR count). The largest absolute Gasteiger partial charge is 0.469 e. The van der Waals surface area contributed by atoms with Gasteiger partial charge in [-0.05, 0) is 6.92 Å². The van der Waals surface area contributed by atoms with E-state index in [4.69, 9.17) is 5.11 Å². The van der Waals surface area contributed by atoms with Crippen LogP contribution in [0.3, 0.4) is 0 Å². The first-order chi connectivity index (χ1) is 4.63. The van der Waals surface area contributed by atoms with Crippen LogP contribution >= 0.6 is 0 Å². The van der Waals surface area contributed by atoms with Crippen molar-refractivity contribution in [2.24, 2.45) is 5.92 Å². The first kappa shape index (κ1) is 9.17. The Morgan fingerprint density at radius 1 is 1.80 bits per heavy atom. The third-order valence-corrected chi connectivity index (χ3v) is 1.33. The van der Waals surface area contributed by atoms with E-state index >= 15 is 0 Å². The quantitative estimate of drug-likeness (QED) is 0.459. The Kier molecular flexibility index (Phi) is 3.72. The number of methoxy groups -OCH3 is 1. The predicted molar refractivity (Wildman–Crippen MR) is 37.4 cm³/mol. The lowest BCUT2D eigenvalue weighted by atomic mass is 10.1. The van der Waals surface area contributed by atoms with Crippen molar-refractivity contribution < 1.29 is 14.6 Å². The maximum Gasteiger partial charge on any atom is 0.311 e. The van der Waals surface area contributed by atoms with Gasteiger partial charge in [-0.2, -0.15) is 0 Å². The topological polar surface area (TPSA) is 46.5 Å². The first-order valence-corrected chi connectivity index (χ1v) is 3.02. The molecule has 0 fully saturated rings. The monoisotopic (exact) mass is 144 g/mol. The Bertz CT molecular complexity index is 131. The van der Waals surface area contributed by atoms with Gasteiger partial charge < -0.3 is 9.84 Å². The summed E-state index contributed by atoms with van der Waals surface area (Å²) in [7, 11) is 1.29. The van der Waals surface area contributed by atoms with Gasteiger partial charge in [0.25, 0.3) is 0 Å². The van der Waals surface area contributed by atoms with Gasteiger partial charge in [-0.1, -0.05) is 6.08 Å². The number of aliphatic hydroxyl groups excluding tert-OH is 1. The molecule has 0 aromatic rings. The van der Waals surface area contributed by atoms with Crippen molar-refractivity contribution in [3.8, 4) is 0 Å². The molecule has 0 aliphatic heterocycles. The Morgan fingerprint density at radius 2 is 2.30 bits per heavy atom. The van der Waals surface area contributed by atoms with E-state index < -0.39 is 18.0 Å². The van der Waals surface area contributed by atoms with Crippen LogP contribution in [-0.4, -0.2) is 24.3 Å². The van der Waals surface area contributed by atoms with Gasteiger partial charge >= 0.3 is 5.97 Å². The SMILES string of the molecule is C=CC(O)C(C)C(=O)OC. The van der Waals surface area contributed by atoms with Gasteiger partial charge in [0.1, 0.15) is 0 Å². The molecule has 3 nitrogen and oxygen atoms in total. The number of hydrogen-bond acceptors (Lipinski definition) is 3. The van der Waals surface area contributed by atoms with Crippen molar-refractivity contribution >= 4 is 5.97 Å². The van der Waals surface area contributed by atoms with E-state index in [2.05, 4.69) is 11.3 Å². The van der Waals surface area contributed by atoms with E-state index in [1.807, 2.05) is 0 Å². The number of esters is 1. The average Bonchev–Trinajstić information content (AvgIpc) is 2.00. The molecule has 0 aromatic carbocycles. The fraction of sp³-hybridized carbons (Fsp3) is 0.571. The zero-order chi connectivity index (χ0) is 8.15. The lowest BCUT2D eigenvalue weighted by Crippen LogP contribution is -2.24. The standard InChI is InChI=1S/C7H12O3/c1-4-6(8)5(2)7(9)10-3/h4-6,8H,1H2,2-3H3. The molecule has 0 amide bonds. The molecule has 0 saturated heterocycles. The maximum absolute atomic E-state index is 10.7. The Labute approximate surface area is 60.3 Å². The van der Waals surface area contributed by atoms with Crippen LogP contribution in [0, 0.1) is 5.92 Å². The van der Waals surface area contributed by atoms with Crippen molar-refractivity contribution in [1.82, 2.24) is 0 Å². The van der Waals surface area contributed by atoms with Gasteiger partial charge in [-0.25, -0.2) is 0 Å². The van der Waals surface area contributed by atoms with E-state index in [0.29, 0.717) is 0 Å². The summed E-state index contributed by atoms with van der Waals surface area (Å²) in [5.74, 6) is -0.949. The molecular weight excluding hydrogens is 132 g/mol. The molecule has 10 heavy (non-hydrogen) atoms. The molecule has 0 spiro atoms. The normalized spacial score (nSPS) is 15.5. The van der Waals surface area contributed by atoms with Crippen LogP contribution in [0.25, 0.3) is 0 Å². The van der Waals surface area contributed by atoms with Crippen LogP contribution in [0.15, 0.2) is 12.7 Å². The van der Waals surface area contributed by atoms with Crippen molar-refractivity contribution in [3.05, 3.63) is 12.7 Å². The van der Waals surface area contributed by atoms with Crippen molar-refractivity contribution in [2.45, 2.75) is 13.0 Å². The van der Waals surface area contributed by atoms with Crippen LogP contribution in [0.2, 0.25) is 0 Å². The second-order valence-electron chi connectivity index (χ2n) is 2.04. The van der Waals surface area contributed by atoms with Crippen LogP contribution in [0.4, 0.5) is 0 Å². The van der Waals surface area contributed by atoms with E-state index in [1.54, 1.807) is 6.92 Å². The predicted octanol–water partition coefficient (Wildman–Crippen LogP) is 0.342. The lowest BCUT2D eigenvalue weighted by molar-refractivity contribution is -0.147. The number of ether oxygens (including phenoxy) is 1. The van der Waals surface area contributed by atoms with E-state index in [1.165, 1.54) is 13.2 Å². The molecule has 0 aliphatic rings. The van der Waals surface area contributed by atoms with E-state index in [9.17, 15) is 4.79 Å². The molecule has 1 N–H and O–H groups in total. The number of carbonyl (C=O) groups excluding carboxylic acids is 1. The summed E-state index contributed by atoms with van der Waals surface area (Å²) in [5.41, 5.74) is 0. The van der Waals surface area contributed by atoms with Crippen molar-refractivity contribution in [1.29, 1.82) is 0 Å². The molecular formula is C7H12O3. The zero-order valence-electron chi connectivity index (χ0n) is 6.20. The highest BCUT2D eigenvalue weighted by Crippen LogP contribution is 2.04. The minimum absolute atomic E-state index is 0.424. The highest BCUT2D eigenvalue weighted by molar-refractivity contribution is 5.72. The van der Waals surface area contributed by atoms with Crippen LogP contribution in [0.5, 0.6) is 0 Å². The molecule has 0 heterocycles. The van der Waals surface area contributed by atoms with Crippen molar-refractivity contribution in [2.75, 3.05) is 7.11 Å². The molecule has 0 aromatic heterocycles. The first-order valence-electron chi connectivity index (χ1n) is 3.02. The fourth-order valence-corrected chi connectivity index (χ4v) is 0.529. The average molecular weight is 144 g/mol. The molecule has 2 atom stereocenters. The van der Waals surface area contributed by atoms with Gasteiger partial charge in [0, 0.05) is 0 Å². The van der Waals surface area contributed by atoms with Gasteiger partial charge in [0.15, 0.2) is 0 Å². The highest BCUT2D eigenvalue weighted by atomic mass is 16.5. The highest BCUT2D eigenvalue weighted by Gasteiger charge is 2.19.